The predicted molar refractivity (Wildman–Crippen MR) is 120 cm³/mol. The fraction of sp³-hybridized carbons (Fsp3) is 0.200. The maximum Gasteiger partial charge on any atom is 0.374 e. The highest BCUT2D eigenvalue weighted by atomic mass is 16.6. The zero-order chi connectivity index (χ0) is 23.5. The maximum absolute atomic E-state index is 13.0. The number of methoxy groups -OCH3 is 1. The molecule has 0 aliphatic rings. The smallest absolute Gasteiger partial charge is 0.374 e. The van der Waals surface area contributed by atoms with Gasteiger partial charge in [0.25, 0.3) is 0 Å². The Morgan fingerprint density at radius 1 is 1.06 bits per heavy atom. The molecule has 0 radical (unpaired) electrons. The largest absolute Gasteiger partial charge is 0.507 e. The van der Waals surface area contributed by atoms with Crippen LogP contribution in [0.4, 0.5) is 0 Å². The van der Waals surface area contributed by atoms with Gasteiger partial charge in [-0.25, -0.2) is 4.79 Å². The first-order valence-corrected chi connectivity index (χ1v) is 10.2. The number of esters is 1. The minimum atomic E-state index is -0.561. The average molecular weight is 450 g/mol. The van der Waals surface area contributed by atoms with Gasteiger partial charge in [-0.2, -0.15) is 0 Å². The molecule has 0 aliphatic heterocycles. The molecule has 0 spiro atoms. The van der Waals surface area contributed by atoms with Crippen molar-refractivity contribution in [2.45, 2.75) is 26.6 Å². The summed E-state index contributed by atoms with van der Waals surface area (Å²) in [6.07, 6.45) is 1.08. The van der Waals surface area contributed by atoms with Crippen LogP contribution in [0.1, 0.15) is 30.2 Å². The zero-order valence-corrected chi connectivity index (χ0v) is 18.3. The number of benzene rings is 2. The van der Waals surface area contributed by atoms with Crippen LogP contribution in [-0.4, -0.2) is 24.3 Å². The molecule has 0 aliphatic carbocycles. The summed E-state index contributed by atoms with van der Waals surface area (Å²) in [6.45, 7) is 3.48. The van der Waals surface area contributed by atoms with Gasteiger partial charge in [0.15, 0.2) is 0 Å². The Labute approximate surface area is 188 Å². The minimum absolute atomic E-state index is 0.00588. The summed E-state index contributed by atoms with van der Waals surface area (Å²) in [5.41, 5.74) is 0.749. The molecule has 2 aromatic heterocycles. The second-order valence-electron chi connectivity index (χ2n) is 7.53. The van der Waals surface area contributed by atoms with Crippen LogP contribution in [0.25, 0.3) is 22.1 Å². The van der Waals surface area contributed by atoms with Crippen molar-refractivity contribution in [3.8, 4) is 28.4 Å². The maximum atomic E-state index is 13.0. The third kappa shape index (κ3) is 4.69. The lowest BCUT2D eigenvalue weighted by atomic mass is 10.0. The summed E-state index contributed by atoms with van der Waals surface area (Å²) in [6, 6.07) is 12.9. The van der Waals surface area contributed by atoms with Crippen molar-refractivity contribution in [2.75, 3.05) is 7.11 Å². The summed E-state index contributed by atoms with van der Waals surface area (Å²) in [4.78, 5) is 24.9. The Kier molecular flexibility index (Phi) is 6.08. The van der Waals surface area contributed by atoms with E-state index in [0.29, 0.717) is 22.6 Å². The molecule has 2 aromatic carbocycles. The van der Waals surface area contributed by atoms with Gasteiger partial charge in [0.05, 0.1) is 18.8 Å². The zero-order valence-electron chi connectivity index (χ0n) is 18.3. The summed E-state index contributed by atoms with van der Waals surface area (Å²) in [5.74, 6) is 0.556. The molecule has 0 bridgehead atoms. The third-order valence-corrected chi connectivity index (χ3v) is 4.82. The van der Waals surface area contributed by atoms with Crippen molar-refractivity contribution < 1.29 is 32.9 Å². The lowest BCUT2D eigenvalue weighted by molar-refractivity contribution is 0.0337. The van der Waals surface area contributed by atoms with Crippen LogP contribution < -0.4 is 14.9 Å². The Hall–Kier alpha value is -4.20. The number of hydrogen-bond acceptors (Lipinski definition) is 8. The minimum Gasteiger partial charge on any atom is -0.507 e. The second kappa shape index (κ2) is 9.12. The number of furan rings is 1. The normalized spacial score (nSPS) is 11.0. The van der Waals surface area contributed by atoms with Crippen molar-refractivity contribution in [3.05, 3.63) is 76.5 Å². The van der Waals surface area contributed by atoms with Crippen molar-refractivity contribution >= 4 is 16.9 Å². The van der Waals surface area contributed by atoms with E-state index in [4.69, 9.17) is 23.0 Å². The first-order chi connectivity index (χ1) is 15.9. The van der Waals surface area contributed by atoms with Crippen LogP contribution in [0.15, 0.2) is 68.4 Å². The molecule has 0 atom stereocenters. The predicted octanol–water partition coefficient (Wildman–Crippen LogP) is 4.91. The van der Waals surface area contributed by atoms with E-state index in [0.717, 1.165) is 0 Å². The molecule has 170 valence electrons. The first-order valence-electron chi connectivity index (χ1n) is 10.2. The number of ether oxygens (including phenoxy) is 3. The van der Waals surface area contributed by atoms with Gasteiger partial charge in [0.2, 0.25) is 11.2 Å². The highest BCUT2D eigenvalue weighted by molar-refractivity contribution is 5.88. The second-order valence-corrected chi connectivity index (χ2v) is 7.53. The van der Waals surface area contributed by atoms with Crippen molar-refractivity contribution in [1.82, 2.24) is 0 Å². The Bertz CT molecular complexity index is 1350. The molecule has 2 heterocycles. The molecule has 0 unspecified atom stereocenters. The van der Waals surface area contributed by atoms with Crippen LogP contribution in [0.3, 0.4) is 0 Å². The fourth-order valence-corrected chi connectivity index (χ4v) is 3.25. The van der Waals surface area contributed by atoms with Gasteiger partial charge in [-0.05, 0) is 43.7 Å². The number of phenolic OH excluding ortho intramolecular Hbond substituents is 1. The van der Waals surface area contributed by atoms with Gasteiger partial charge in [0, 0.05) is 12.1 Å². The van der Waals surface area contributed by atoms with E-state index in [1.165, 1.54) is 24.5 Å². The van der Waals surface area contributed by atoms with Crippen molar-refractivity contribution in [2.24, 2.45) is 0 Å². The van der Waals surface area contributed by atoms with E-state index >= 15 is 0 Å². The number of fused-ring (bicyclic) bond motifs is 1. The number of rotatable bonds is 7. The summed E-state index contributed by atoms with van der Waals surface area (Å²) in [7, 11) is 1.56. The standard InChI is InChI=1S/C25H22O8/c1-14(2)32-25(28)21-9-8-17(33-21)12-30-18-10-20(26)23-22(11-18)31-13-19(24(23)27)15-4-6-16(29-3)7-5-15/h4-11,13-14,26H,12H2,1-3H3. The molecule has 0 saturated heterocycles. The average Bonchev–Trinajstić information content (AvgIpc) is 3.27. The number of hydrogen-bond donors (Lipinski definition) is 1. The quantitative estimate of drug-likeness (QED) is 0.396. The fourth-order valence-electron chi connectivity index (χ4n) is 3.25. The first kappa shape index (κ1) is 22.0. The van der Waals surface area contributed by atoms with Crippen LogP contribution in [0, 0.1) is 0 Å². The van der Waals surface area contributed by atoms with Gasteiger partial charge >= 0.3 is 5.97 Å². The van der Waals surface area contributed by atoms with Crippen LogP contribution >= 0.6 is 0 Å². The van der Waals surface area contributed by atoms with Crippen LogP contribution in [0.5, 0.6) is 17.2 Å². The Balaban J connectivity index is 1.55. The molecule has 4 rings (SSSR count). The van der Waals surface area contributed by atoms with Gasteiger partial charge < -0.3 is 28.2 Å². The molecule has 0 amide bonds. The lowest BCUT2D eigenvalue weighted by Gasteiger charge is -2.09. The summed E-state index contributed by atoms with van der Waals surface area (Å²) in [5, 5.41) is 10.5. The van der Waals surface area contributed by atoms with E-state index in [9.17, 15) is 14.7 Å². The molecular formula is C25H22O8. The van der Waals surface area contributed by atoms with Gasteiger partial charge in [-0.1, -0.05) is 12.1 Å². The monoisotopic (exact) mass is 450 g/mol. The van der Waals surface area contributed by atoms with Crippen LogP contribution in [-0.2, 0) is 11.3 Å². The van der Waals surface area contributed by atoms with E-state index in [-0.39, 0.29) is 46.4 Å². The van der Waals surface area contributed by atoms with Crippen LogP contribution in [0.2, 0.25) is 0 Å². The topological polar surface area (TPSA) is 108 Å². The third-order valence-electron chi connectivity index (χ3n) is 4.82. The molecule has 8 nitrogen and oxygen atoms in total. The van der Waals surface area contributed by atoms with E-state index in [2.05, 4.69) is 0 Å². The van der Waals surface area contributed by atoms with E-state index in [1.807, 2.05) is 0 Å². The number of aromatic hydroxyl groups is 1. The summed E-state index contributed by atoms with van der Waals surface area (Å²) >= 11 is 0. The number of phenols is 1. The molecule has 0 saturated carbocycles. The van der Waals surface area contributed by atoms with Gasteiger partial charge in [-0.3, -0.25) is 4.79 Å². The Morgan fingerprint density at radius 2 is 1.82 bits per heavy atom. The number of carbonyl (C=O) groups excluding carboxylic acids is 1. The van der Waals surface area contributed by atoms with E-state index in [1.54, 1.807) is 51.3 Å². The molecule has 0 fully saturated rings. The molecule has 33 heavy (non-hydrogen) atoms. The Morgan fingerprint density at radius 3 is 2.52 bits per heavy atom. The van der Waals surface area contributed by atoms with Crippen molar-refractivity contribution in [1.29, 1.82) is 0 Å². The molecular weight excluding hydrogens is 428 g/mol. The highest BCUT2D eigenvalue weighted by Gasteiger charge is 2.17. The molecule has 8 heteroatoms. The van der Waals surface area contributed by atoms with Crippen molar-refractivity contribution in [3.63, 3.8) is 0 Å². The number of carbonyl (C=O) groups is 1. The SMILES string of the molecule is COc1ccc(-c2coc3cc(OCc4ccc(C(=O)OC(C)C)o4)cc(O)c3c2=O)cc1. The summed E-state index contributed by atoms with van der Waals surface area (Å²) < 4.78 is 26.9. The highest BCUT2D eigenvalue weighted by Crippen LogP contribution is 2.31. The molecule has 1 N–H and O–H groups in total. The lowest BCUT2D eigenvalue weighted by Crippen LogP contribution is -2.10. The van der Waals surface area contributed by atoms with Gasteiger partial charge in [0.1, 0.15) is 46.8 Å². The molecule has 4 aromatic rings. The van der Waals surface area contributed by atoms with Gasteiger partial charge in [-0.15, -0.1) is 0 Å². The van der Waals surface area contributed by atoms with E-state index < -0.39 is 5.97 Å².